The summed E-state index contributed by atoms with van der Waals surface area (Å²) in [7, 11) is 0. The number of likely N-dealkylation sites (N-methyl/N-ethyl adjacent to an activating group) is 1. The van der Waals surface area contributed by atoms with Crippen molar-refractivity contribution in [3.63, 3.8) is 0 Å². The fraction of sp³-hybridized carbons (Fsp3) is 0.625. The molecule has 4 rings (SSSR count). The Balaban J connectivity index is 1.25. The highest BCUT2D eigenvalue weighted by Crippen LogP contribution is 2.35. The van der Waals surface area contributed by atoms with Gasteiger partial charge in [-0.3, -0.25) is 14.5 Å². The normalized spacial score (nSPS) is 20.8. The molecule has 2 saturated heterocycles. The van der Waals surface area contributed by atoms with Crippen LogP contribution in [0.15, 0.2) is 18.2 Å². The van der Waals surface area contributed by atoms with Crippen molar-refractivity contribution in [2.45, 2.75) is 57.9 Å². The zero-order valence-corrected chi connectivity index (χ0v) is 19.3. The van der Waals surface area contributed by atoms with Crippen LogP contribution in [0.4, 0.5) is 16.2 Å². The minimum absolute atomic E-state index is 0.0972. The molecule has 1 aliphatic carbocycles. The van der Waals surface area contributed by atoms with Crippen LogP contribution < -0.4 is 15.5 Å². The topological polar surface area (TPSA) is 85.0 Å². The van der Waals surface area contributed by atoms with Crippen molar-refractivity contribution >= 4 is 29.2 Å². The third kappa shape index (κ3) is 4.60. The van der Waals surface area contributed by atoms with Crippen LogP contribution >= 0.6 is 0 Å². The Morgan fingerprint density at radius 2 is 1.84 bits per heavy atom. The smallest absolute Gasteiger partial charge is 0.325 e. The summed E-state index contributed by atoms with van der Waals surface area (Å²) in [5.74, 6) is -0.216. The van der Waals surface area contributed by atoms with Crippen LogP contribution in [-0.4, -0.2) is 72.5 Å². The zero-order valence-electron chi connectivity index (χ0n) is 19.3. The van der Waals surface area contributed by atoms with Gasteiger partial charge in [0.15, 0.2) is 0 Å². The molecule has 3 aliphatic rings. The van der Waals surface area contributed by atoms with Crippen LogP contribution in [0.2, 0.25) is 0 Å². The molecule has 2 heterocycles. The molecule has 0 aromatic heterocycles. The number of nitrogens with zero attached hydrogens (tertiary/aromatic N) is 3. The van der Waals surface area contributed by atoms with Crippen LogP contribution in [0.25, 0.3) is 0 Å². The average molecular weight is 442 g/mol. The molecule has 8 nitrogen and oxygen atoms in total. The molecule has 174 valence electrons. The van der Waals surface area contributed by atoms with E-state index < -0.39 is 5.54 Å². The van der Waals surface area contributed by atoms with Gasteiger partial charge >= 0.3 is 6.03 Å². The summed E-state index contributed by atoms with van der Waals surface area (Å²) in [6, 6.07) is 5.85. The van der Waals surface area contributed by atoms with Crippen molar-refractivity contribution in [2.75, 3.05) is 49.5 Å². The number of carbonyl (C=O) groups excluding carboxylic acids is 3. The molecule has 2 N–H and O–H groups in total. The average Bonchev–Trinajstić information content (AvgIpc) is 3.35. The zero-order chi connectivity index (χ0) is 22.7. The number of carbonyl (C=O) groups is 3. The largest absolute Gasteiger partial charge is 0.369 e. The number of hydrogen-bond donors (Lipinski definition) is 2. The van der Waals surface area contributed by atoms with Crippen molar-refractivity contribution in [1.29, 1.82) is 0 Å². The van der Waals surface area contributed by atoms with Gasteiger partial charge in [0, 0.05) is 50.5 Å². The third-order valence-corrected chi connectivity index (χ3v) is 7.16. The van der Waals surface area contributed by atoms with Crippen molar-refractivity contribution in [1.82, 2.24) is 15.1 Å². The maximum atomic E-state index is 12.7. The molecule has 0 bridgehead atoms. The monoisotopic (exact) mass is 441 g/mol. The van der Waals surface area contributed by atoms with Gasteiger partial charge in [-0.05, 0) is 56.5 Å². The van der Waals surface area contributed by atoms with Gasteiger partial charge in [0.25, 0.3) is 5.91 Å². The van der Waals surface area contributed by atoms with E-state index in [0.29, 0.717) is 6.42 Å². The summed E-state index contributed by atoms with van der Waals surface area (Å²) in [5.41, 5.74) is 2.36. The molecule has 0 radical (unpaired) electrons. The summed E-state index contributed by atoms with van der Waals surface area (Å²) in [6.07, 6.45) is 4.10. The Hall–Kier alpha value is -2.61. The lowest BCUT2D eigenvalue weighted by Gasteiger charge is -2.35. The summed E-state index contributed by atoms with van der Waals surface area (Å²) in [5, 5.41) is 5.87. The van der Waals surface area contributed by atoms with E-state index >= 15 is 0 Å². The number of urea groups is 1. The van der Waals surface area contributed by atoms with Gasteiger partial charge in [-0.25, -0.2) is 4.79 Å². The van der Waals surface area contributed by atoms with E-state index in [1.807, 2.05) is 13.0 Å². The van der Waals surface area contributed by atoms with Gasteiger partial charge in [-0.1, -0.05) is 19.8 Å². The highest BCUT2D eigenvalue weighted by molar-refractivity contribution is 6.07. The number of piperazine rings is 1. The first-order valence-corrected chi connectivity index (χ1v) is 11.9. The molecule has 1 aromatic rings. The number of nitrogens with one attached hydrogen (secondary N) is 2. The molecule has 0 unspecified atom stereocenters. The van der Waals surface area contributed by atoms with Crippen LogP contribution in [0.3, 0.4) is 0 Å². The summed E-state index contributed by atoms with van der Waals surface area (Å²) in [6.45, 7) is 9.76. The second-order valence-corrected chi connectivity index (χ2v) is 9.25. The van der Waals surface area contributed by atoms with Crippen LogP contribution in [0.1, 0.15) is 51.0 Å². The highest BCUT2D eigenvalue weighted by atomic mass is 16.2. The third-order valence-electron chi connectivity index (χ3n) is 7.16. The van der Waals surface area contributed by atoms with E-state index in [1.165, 1.54) is 10.6 Å². The molecule has 0 atom stereocenters. The summed E-state index contributed by atoms with van der Waals surface area (Å²) in [4.78, 5) is 43.5. The minimum atomic E-state index is -0.679. The Morgan fingerprint density at radius 3 is 2.50 bits per heavy atom. The van der Waals surface area contributed by atoms with E-state index in [0.717, 1.165) is 69.7 Å². The second kappa shape index (κ2) is 9.48. The molecule has 2 aliphatic heterocycles. The number of aryl methyl sites for hydroxylation is 1. The second-order valence-electron chi connectivity index (χ2n) is 9.25. The van der Waals surface area contributed by atoms with Crippen molar-refractivity contribution < 1.29 is 14.4 Å². The van der Waals surface area contributed by atoms with Crippen LogP contribution in [-0.2, 0) is 9.59 Å². The van der Waals surface area contributed by atoms with Gasteiger partial charge in [0.2, 0.25) is 5.91 Å². The number of amides is 4. The SMILES string of the molecule is CCN1CCN(c2ccc(NC(=O)CCCN3C(=O)NC4(CCCC4)C3=O)c(C)c2)CC1. The van der Waals surface area contributed by atoms with E-state index in [9.17, 15) is 14.4 Å². The van der Waals surface area contributed by atoms with E-state index in [-0.39, 0.29) is 30.8 Å². The van der Waals surface area contributed by atoms with Gasteiger partial charge in [-0.2, -0.15) is 0 Å². The molecule has 8 heteroatoms. The fourth-order valence-electron chi connectivity index (χ4n) is 5.11. The molecule has 1 saturated carbocycles. The Labute approximate surface area is 190 Å². The van der Waals surface area contributed by atoms with Crippen molar-refractivity contribution in [2.24, 2.45) is 0 Å². The summed E-state index contributed by atoms with van der Waals surface area (Å²) < 4.78 is 0. The minimum Gasteiger partial charge on any atom is -0.369 e. The molecular weight excluding hydrogens is 406 g/mol. The lowest BCUT2D eigenvalue weighted by atomic mass is 9.98. The number of imide groups is 1. The lowest BCUT2D eigenvalue weighted by molar-refractivity contribution is -0.131. The fourth-order valence-corrected chi connectivity index (χ4v) is 5.11. The van der Waals surface area contributed by atoms with Gasteiger partial charge < -0.3 is 20.4 Å². The Morgan fingerprint density at radius 1 is 1.12 bits per heavy atom. The number of benzene rings is 1. The molecule has 3 fully saturated rings. The molecule has 4 amide bonds. The Bertz CT molecular complexity index is 872. The Kier molecular flexibility index (Phi) is 6.69. The highest BCUT2D eigenvalue weighted by Gasteiger charge is 2.52. The van der Waals surface area contributed by atoms with E-state index in [4.69, 9.17) is 0 Å². The van der Waals surface area contributed by atoms with Gasteiger partial charge in [-0.15, -0.1) is 0 Å². The summed E-state index contributed by atoms with van der Waals surface area (Å²) >= 11 is 0. The predicted octanol–water partition coefficient (Wildman–Crippen LogP) is 2.72. The maximum absolute atomic E-state index is 12.7. The number of rotatable bonds is 7. The number of anilines is 2. The van der Waals surface area contributed by atoms with Crippen molar-refractivity contribution in [3.8, 4) is 0 Å². The van der Waals surface area contributed by atoms with Gasteiger partial charge in [0.1, 0.15) is 5.54 Å². The van der Waals surface area contributed by atoms with Crippen LogP contribution in [0.5, 0.6) is 0 Å². The molecular formula is C24H35N5O3. The first-order chi connectivity index (χ1) is 15.4. The quantitative estimate of drug-likeness (QED) is 0.636. The predicted molar refractivity (Wildman–Crippen MR) is 125 cm³/mol. The molecule has 1 spiro atoms. The van der Waals surface area contributed by atoms with Crippen molar-refractivity contribution in [3.05, 3.63) is 23.8 Å². The standard InChI is InChI=1S/C24H35N5O3/c1-3-27-13-15-28(16-14-27)19-8-9-20(18(2)17-19)25-21(30)7-6-12-29-22(31)24(26-23(29)32)10-4-5-11-24/h8-9,17H,3-7,10-16H2,1-2H3,(H,25,30)(H,26,32). The number of hydrogen-bond acceptors (Lipinski definition) is 5. The van der Waals surface area contributed by atoms with Gasteiger partial charge in [0.05, 0.1) is 0 Å². The first-order valence-electron chi connectivity index (χ1n) is 11.9. The molecule has 1 aromatic carbocycles. The molecule has 32 heavy (non-hydrogen) atoms. The first kappa shape index (κ1) is 22.6. The van der Waals surface area contributed by atoms with E-state index in [2.05, 4.69) is 39.5 Å². The maximum Gasteiger partial charge on any atom is 0.325 e. The van der Waals surface area contributed by atoms with E-state index in [1.54, 1.807) is 0 Å². The lowest BCUT2D eigenvalue weighted by Crippen LogP contribution is -2.46. The van der Waals surface area contributed by atoms with Crippen LogP contribution in [0, 0.1) is 6.92 Å².